The Hall–Kier alpha value is -0.390. The maximum atomic E-state index is 11.3. The third-order valence-corrected chi connectivity index (χ3v) is 4.69. The van der Waals surface area contributed by atoms with Gasteiger partial charge in [-0.3, -0.25) is 0 Å². The van der Waals surface area contributed by atoms with Crippen LogP contribution < -0.4 is 5.73 Å². The minimum absolute atomic E-state index is 0.117. The summed E-state index contributed by atoms with van der Waals surface area (Å²) < 4.78 is 22.7. The Morgan fingerprint density at radius 1 is 1.71 bits per heavy atom. The van der Waals surface area contributed by atoms with Crippen molar-refractivity contribution >= 4 is 9.84 Å². The van der Waals surface area contributed by atoms with Crippen molar-refractivity contribution in [2.45, 2.75) is 18.1 Å². The van der Waals surface area contributed by atoms with Crippen LogP contribution in [0.4, 0.5) is 0 Å². The topological polar surface area (TPSA) is 80.4 Å². The third-order valence-electron chi connectivity index (χ3n) is 3.14. The van der Waals surface area contributed by atoms with Gasteiger partial charge in [0.15, 0.2) is 9.84 Å². The molecule has 14 heavy (non-hydrogen) atoms. The van der Waals surface area contributed by atoms with E-state index in [1.807, 2.05) is 0 Å². The van der Waals surface area contributed by atoms with Gasteiger partial charge in [-0.15, -0.1) is 0 Å². The molecule has 0 aromatic rings. The van der Waals surface area contributed by atoms with Crippen molar-refractivity contribution in [1.82, 2.24) is 0 Å². The predicted molar refractivity (Wildman–Crippen MR) is 55.6 cm³/mol. The van der Waals surface area contributed by atoms with E-state index in [1.54, 1.807) is 0 Å². The Labute approximate surface area is 84.7 Å². The molecule has 0 aromatic heterocycles. The highest BCUT2D eigenvalue weighted by atomic mass is 32.2. The summed E-state index contributed by atoms with van der Waals surface area (Å²) in [5.74, 6) is 0. The van der Waals surface area contributed by atoms with Crippen molar-refractivity contribution in [3.8, 4) is 0 Å². The predicted octanol–water partition coefficient (Wildman–Crippen LogP) is -0.313. The van der Waals surface area contributed by atoms with Crippen molar-refractivity contribution < 1.29 is 13.5 Å². The minimum atomic E-state index is -3.05. The fraction of sp³-hybridized carbons (Fsp3) is 0.778. The SMILES string of the molecule is C=C1C[C@@H](S(C)(=O)=O)C[C@@]1(CN)CO. The molecule has 1 aliphatic carbocycles. The van der Waals surface area contributed by atoms with Gasteiger partial charge in [0.25, 0.3) is 0 Å². The van der Waals surface area contributed by atoms with E-state index in [0.717, 1.165) is 5.57 Å². The van der Waals surface area contributed by atoms with Gasteiger partial charge in [-0.2, -0.15) is 0 Å². The summed E-state index contributed by atoms with van der Waals surface area (Å²) in [6.45, 7) is 3.95. The largest absolute Gasteiger partial charge is 0.395 e. The van der Waals surface area contributed by atoms with E-state index in [9.17, 15) is 13.5 Å². The monoisotopic (exact) mass is 219 g/mol. The molecule has 82 valence electrons. The Kier molecular flexibility index (Phi) is 3.04. The molecule has 1 aliphatic rings. The first kappa shape index (κ1) is 11.7. The molecule has 4 nitrogen and oxygen atoms in total. The van der Waals surface area contributed by atoms with Gasteiger partial charge >= 0.3 is 0 Å². The average Bonchev–Trinajstić information content (AvgIpc) is 2.43. The molecule has 1 fully saturated rings. The second-order valence-corrected chi connectivity index (χ2v) is 6.43. The molecule has 0 spiro atoms. The van der Waals surface area contributed by atoms with Crippen molar-refractivity contribution in [3.63, 3.8) is 0 Å². The van der Waals surface area contributed by atoms with Crippen LogP contribution in [0.1, 0.15) is 12.8 Å². The van der Waals surface area contributed by atoms with Crippen LogP contribution in [-0.4, -0.2) is 38.2 Å². The van der Waals surface area contributed by atoms with E-state index >= 15 is 0 Å². The van der Waals surface area contributed by atoms with Crippen LogP contribution in [0.3, 0.4) is 0 Å². The van der Waals surface area contributed by atoms with Gasteiger partial charge in [-0.05, 0) is 12.8 Å². The van der Waals surface area contributed by atoms with Crippen LogP contribution in [0, 0.1) is 5.41 Å². The van der Waals surface area contributed by atoms with Crippen LogP contribution in [0.5, 0.6) is 0 Å². The van der Waals surface area contributed by atoms with E-state index in [-0.39, 0.29) is 13.2 Å². The molecule has 0 aromatic carbocycles. The summed E-state index contributed by atoms with van der Waals surface area (Å²) >= 11 is 0. The molecule has 0 saturated heterocycles. The van der Waals surface area contributed by atoms with E-state index in [0.29, 0.717) is 12.8 Å². The smallest absolute Gasteiger partial charge is 0.150 e. The average molecular weight is 219 g/mol. The van der Waals surface area contributed by atoms with Gasteiger partial charge in [0.2, 0.25) is 0 Å². The van der Waals surface area contributed by atoms with Crippen molar-refractivity contribution in [2.75, 3.05) is 19.4 Å². The van der Waals surface area contributed by atoms with E-state index in [1.165, 1.54) is 6.26 Å². The molecule has 1 rings (SSSR count). The van der Waals surface area contributed by atoms with Crippen LogP contribution in [0.25, 0.3) is 0 Å². The first-order chi connectivity index (χ1) is 6.35. The number of rotatable bonds is 3. The highest BCUT2D eigenvalue weighted by Crippen LogP contribution is 2.43. The summed E-state index contributed by atoms with van der Waals surface area (Å²) in [7, 11) is -3.05. The van der Waals surface area contributed by atoms with Gasteiger partial charge in [0.05, 0.1) is 11.9 Å². The lowest BCUT2D eigenvalue weighted by atomic mass is 9.84. The molecule has 0 bridgehead atoms. The van der Waals surface area contributed by atoms with Crippen LogP contribution >= 0.6 is 0 Å². The first-order valence-electron chi connectivity index (χ1n) is 4.54. The van der Waals surface area contributed by atoms with Crippen molar-refractivity contribution in [2.24, 2.45) is 11.1 Å². The molecule has 0 aliphatic heterocycles. The first-order valence-corrected chi connectivity index (χ1v) is 6.49. The van der Waals surface area contributed by atoms with Gasteiger partial charge < -0.3 is 10.8 Å². The lowest BCUT2D eigenvalue weighted by Gasteiger charge is -2.26. The van der Waals surface area contributed by atoms with Gasteiger partial charge in [-0.25, -0.2) is 8.42 Å². The second-order valence-electron chi connectivity index (χ2n) is 4.11. The van der Waals surface area contributed by atoms with Crippen molar-refractivity contribution in [1.29, 1.82) is 0 Å². The number of nitrogens with two attached hydrogens (primary N) is 1. The lowest BCUT2D eigenvalue weighted by Crippen LogP contribution is -2.34. The molecule has 0 radical (unpaired) electrons. The number of hydrogen-bond donors (Lipinski definition) is 2. The third kappa shape index (κ3) is 1.85. The Balaban J connectivity index is 2.94. The summed E-state index contributed by atoms with van der Waals surface area (Å²) in [6.07, 6.45) is 2.04. The molecule has 0 heterocycles. The highest BCUT2D eigenvalue weighted by molar-refractivity contribution is 7.91. The lowest BCUT2D eigenvalue weighted by molar-refractivity contribution is 0.170. The Bertz CT molecular complexity index is 330. The molecule has 3 N–H and O–H groups in total. The fourth-order valence-electron chi connectivity index (χ4n) is 1.91. The van der Waals surface area contributed by atoms with Crippen LogP contribution in [0.2, 0.25) is 0 Å². The number of sulfone groups is 1. The van der Waals surface area contributed by atoms with E-state index < -0.39 is 20.5 Å². The van der Waals surface area contributed by atoms with Crippen molar-refractivity contribution in [3.05, 3.63) is 12.2 Å². The molecular formula is C9H17NO3S. The van der Waals surface area contributed by atoms with Crippen LogP contribution in [-0.2, 0) is 9.84 Å². The number of hydrogen-bond acceptors (Lipinski definition) is 4. The highest BCUT2D eigenvalue weighted by Gasteiger charge is 2.44. The number of aliphatic hydroxyl groups is 1. The maximum absolute atomic E-state index is 11.3. The van der Waals surface area contributed by atoms with E-state index in [2.05, 4.69) is 6.58 Å². The minimum Gasteiger partial charge on any atom is -0.395 e. The zero-order valence-electron chi connectivity index (χ0n) is 8.36. The maximum Gasteiger partial charge on any atom is 0.150 e. The Morgan fingerprint density at radius 3 is 2.50 bits per heavy atom. The normalized spacial score (nSPS) is 33.6. The molecule has 0 amide bonds. The van der Waals surface area contributed by atoms with Gasteiger partial charge in [0.1, 0.15) is 0 Å². The standard InChI is InChI=1S/C9H17NO3S/c1-7-3-8(14(2,12)13)4-9(7,5-10)6-11/h8,11H,1,3-6,10H2,2H3/t8-,9-/m1/s1. The Morgan fingerprint density at radius 2 is 2.29 bits per heavy atom. The summed E-state index contributed by atoms with van der Waals surface area (Å²) in [5.41, 5.74) is 5.75. The summed E-state index contributed by atoms with van der Waals surface area (Å²) in [6, 6.07) is 0. The van der Waals surface area contributed by atoms with Crippen LogP contribution in [0.15, 0.2) is 12.2 Å². The van der Waals surface area contributed by atoms with Gasteiger partial charge in [-0.1, -0.05) is 12.2 Å². The summed E-state index contributed by atoms with van der Waals surface area (Å²) in [4.78, 5) is 0. The fourth-order valence-corrected chi connectivity index (χ4v) is 3.04. The second kappa shape index (κ2) is 3.64. The summed E-state index contributed by atoms with van der Waals surface area (Å²) in [5, 5.41) is 8.81. The molecule has 0 unspecified atom stereocenters. The molecule has 5 heteroatoms. The molecule has 2 atom stereocenters. The zero-order valence-corrected chi connectivity index (χ0v) is 9.18. The molecular weight excluding hydrogens is 202 g/mol. The van der Waals surface area contributed by atoms with Gasteiger partial charge in [0, 0.05) is 18.2 Å². The molecule has 1 saturated carbocycles. The zero-order chi connectivity index (χ0) is 11.0. The quantitative estimate of drug-likeness (QED) is 0.638. The van der Waals surface area contributed by atoms with E-state index in [4.69, 9.17) is 5.73 Å². The number of aliphatic hydroxyl groups excluding tert-OH is 1.